The first kappa shape index (κ1) is 14.1. The molecular formula is C11H18N2O3S. The molecule has 1 aromatic heterocycles. The summed E-state index contributed by atoms with van der Waals surface area (Å²) in [7, 11) is 0. The van der Waals surface area contributed by atoms with Crippen molar-refractivity contribution in [3.63, 3.8) is 0 Å². The summed E-state index contributed by atoms with van der Waals surface area (Å²) in [5.41, 5.74) is 0. The molecule has 1 heterocycles. The molecule has 1 unspecified atom stereocenters. The third-order valence-electron chi connectivity index (χ3n) is 2.67. The summed E-state index contributed by atoms with van der Waals surface area (Å²) in [5.74, 6) is 0.468. The monoisotopic (exact) mass is 258 g/mol. The van der Waals surface area contributed by atoms with Gasteiger partial charge in [-0.25, -0.2) is 0 Å². The maximum absolute atomic E-state index is 10.5. The molecule has 1 atom stereocenters. The summed E-state index contributed by atoms with van der Waals surface area (Å²) in [4.78, 5) is 11.1. The number of nitrogens with one attached hydrogen (secondary N) is 1. The Bertz CT molecular complexity index is 354. The number of nitrogens with zero attached hydrogens (tertiary/aromatic N) is 1. The number of hydrogen-bond acceptors (Lipinski definition) is 5. The van der Waals surface area contributed by atoms with E-state index in [1.54, 1.807) is 6.07 Å². The van der Waals surface area contributed by atoms with Gasteiger partial charge in [0.05, 0.1) is 4.92 Å². The topological polar surface area (TPSA) is 75.4 Å². The molecule has 2 N–H and O–H groups in total. The molecule has 0 aliphatic carbocycles. The van der Waals surface area contributed by atoms with Crippen molar-refractivity contribution in [2.75, 3.05) is 13.2 Å². The molecule has 0 spiro atoms. The van der Waals surface area contributed by atoms with Crippen LogP contribution in [0.1, 0.15) is 24.6 Å². The number of nitro groups is 1. The lowest BCUT2D eigenvalue weighted by Gasteiger charge is -2.13. The van der Waals surface area contributed by atoms with Crippen molar-refractivity contribution in [2.45, 2.75) is 26.3 Å². The smallest absolute Gasteiger partial charge is 0.324 e. The molecule has 6 heteroatoms. The number of rotatable bonds is 8. The highest BCUT2D eigenvalue weighted by Gasteiger charge is 2.10. The summed E-state index contributed by atoms with van der Waals surface area (Å²) in [6.45, 7) is 3.80. The van der Waals surface area contributed by atoms with Gasteiger partial charge in [0.1, 0.15) is 0 Å². The van der Waals surface area contributed by atoms with E-state index in [2.05, 4.69) is 12.2 Å². The van der Waals surface area contributed by atoms with Crippen molar-refractivity contribution in [1.82, 2.24) is 5.32 Å². The predicted octanol–water partition coefficient (Wildman–Crippen LogP) is 2.15. The van der Waals surface area contributed by atoms with Crippen molar-refractivity contribution in [3.8, 4) is 0 Å². The highest BCUT2D eigenvalue weighted by molar-refractivity contribution is 7.15. The Kier molecular flexibility index (Phi) is 6.10. The summed E-state index contributed by atoms with van der Waals surface area (Å²) < 4.78 is 0. The SMILES string of the molecule is CCC(CCO)CNCc1ccc([N+](=O)[O-])s1. The van der Waals surface area contributed by atoms with Gasteiger partial charge in [-0.2, -0.15) is 0 Å². The van der Waals surface area contributed by atoms with E-state index >= 15 is 0 Å². The van der Waals surface area contributed by atoms with E-state index < -0.39 is 0 Å². The van der Waals surface area contributed by atoms with Crippen molar-refractivity contribution in [1.29, 1.82) is 0 Å². The van der Waals surface area contributed by atoms with Gasteiger partial charge < -0.3 is 10.4 Å². The molecule has 0 aromatic carbocycles. The van der Waals surface area contributed by atoms with Crippen LogP contribution in [0.4, 0.5) is 5.00 Å². The number of aliphatic hydroxyl groups is 1. The summed E-state index contributed by atoms with van der Waals surface area (Å²) >= 11 is 1.20. The molecule has 0 aliphatic rings. The van der Waals surface area contributed by atoms with Gasteiger partial charge in [0.2, 0.25) is 0 Å². The average Bonchev–Trinajstić information content (AvgIpc) is 2.77. The Balaban J connectivity index is 2.32. The molecule has 5 nitrogen and oxygen atoms in total. The lowest BCUT2D eigenvalue weighted by Crippen LogP contribution is -2.22. The second-order valence-corrected chi connectivity index (χ2v) is 5.06. The second-order valence-electron chi connectivity index (χ2n) is 3.91. The molecule has 0 bridgehead atoms. The first-order valence-electron chi connectivity index (χ1n) is 5.72. The molecule has 0 amide bonds. The summed E-state index contributed by atoms with van der Waals surface area (Å²) in [5, 5.41) is 22.8. The minimum absolute atomic E-state index is 0.184. The minimum atomic E-state index is -0.366. The Morgan fingerprint density at radius 1 is 1.59 bits per heavy atom. The van der Waals surface area contributed by atoms with Gasteiger partial charge in [-0.05, 0) is 24.9 Å². The summed E-state index contributed by atoms with van der Waals surface area (Å²) in [6, 6.07) is 3.31. The highest BCUT2D eigenvalue weighted by Crippen LogP contribution is 2.23. The minimum Gasteiger partial charge on any atom is -0.396 e. The first-order chi connectivity index (χ1) is 8.17. The molecule has 0 fully saturated rings. The molecule has 0 aliphatic heterocycles. The average molecular weight is 258 g/mol. The fourth-order valence-corrected chi connectivity index (χ4v) is 2.38. The van der Waals surface area contributed by atoms with Crippen LogP contribution in [-0.2, 0) is 6.54 Å². The zero-order valence-electron chi connectivity index (χ0n) is 9.89. The van der Waals surface area contributed by atoms with Crippen molar-refractivity contribution < 1.29 is 10.0 Å². The van der Waals surface area contributed by atoms with Gasteiger partial charge >= 0.3 is 5.00 Å². The van der Waals surface area contributed by atoms with Crippen LogP contribution in [0.3, 0.4) is 0 Å². The standard InChI is InChI=1S/C11H18N2O3S/c1-2-9(5-6-14)7-12-8-10-3-4-11(17-10)13(15)16/h3-4,9,12,14H,2,5-8H2,1H3. The Morgan fingerprint density at radius 3 is 2.88 bits per heavy atom. The lowest BCUT2D eigenvalue weighted by molar-refractivity contribution is -0.380. The Hall–Kier alpha value is -0.980. The first-order valence-corrected chi connectivity index (χ1v) is 6.53. The van der Waals surface area contributed by atoms with Gasteiger partial charge in [0.15, 0.2) is 0 Å². The zero-order chi connectivity index (χ0) is 12.7. The molecular weight excluding hydrogens is 240 g/mol. The van der Waals surface area contributed by atoms with E-state index in [1.165, 1.54) is 17.4 Å². The van der Waals surface area contributed by atoms with E-state index in [9.17, 15) is 10.1 Å². The molecule has 1 aromatic rings. The number of aliphatic hydroxyl groups excluding tert-OH is 1. The van der Waals surface area contributed by atoms with E-state index in [-0.39, 0.29) is 16.5 Å². The van der Waals surface area contributed by atoms with Crippen LogP contribution in [0.5, 0.6) is 0 Å². The fraction of sp³-hybridized carbons (Fsp3) is 0.636. The molecule has 96 valence electrons. The van der Waals surface area contributed by atoms with Crippen LogP contribution in [-0.4, -0.2) is 23.2 Å². The van der Waals surface area contributed by atoms with E-state index in [0.717, 1.165) is 24.3 Å². The molecule has 1 rings (SSSR count). The van der Waals surface area contributed by atoms with E-state index in [4.69, 9.17) is 5.11 Å². The predicted molar refractivity (Wildman–Crippen MR) is 68.2 cm³/mol. The third kappa shape index (κ3) is 4.80. The fourth-order valence-electron chi connectivity index (χ4n) is 1.59. The van der Waals surface area contributed by atoms with Gasteiger partial charge in [-0.15, -0.1) is 0 Å². The lowest BCUT2D eigenvalue weighted by atomic mass is 10.0. The molecule has 0 saturated carbocycles. The zero-order valence-corrected chi connectivity index (χ0v) is 10.7. The van der Waals surface area contributed by atoms with Crippen LogP contribution < -0.4 is 5.32 Å². The van der Waals surface area contributed by atoms with Crippen LogP contribution in [0.15, 0.2) is 12.1 Å². The van der Waals surface area contributed by atoms with Gasteiger partial charge in [-0.1, -0.05) is 24.7 Å². The van der Waals surface area contributed by atoms with Crippen molar-refractivity contribution >= 4 is 16.3 Å². The maximum atomic E-state index is 10.5. The van der Waals surface area contributed by atoms with Crippen LogP contribution >= 0.6 is 11.3 Å². The van der Waals surface area contributed by atoms with Crippen molar-refractivity contribution in [2.24, 2.45) is 5.92 Å². The van der Waals surface area contributed by atoms with E-state index in [0.29, 0.717) is 12.5 Å². The highest BCUT2D eigenvalue weighted by atomic mass is 32.1. The van der Waals surface area contributed by atoms with Crippen LogP contribution in [0.25, 0.3) is 0 Å². The maximum Gasteiger partial charge on any atom is 0.324 e. The van der Waals surface area contributed by atoms with Gasteiger partial charge in [-0.3, -0.25) is 10.1 Å². The number of thiophene rings is 1. The van der Waals surface area contributed by atoms with Gasteiger partial charge in [0, 0.05) is 24.1 Å². The summed E-state index contributed by atoms with van der Waals surface area (Å²) in [6.07, 6.45) is 1.83. The van der Waals surface area contributed by atoms with Gasteiger partial charge in [0.25, 0.3) is 0 Å². The quantitative estimate of drug-likeness (QED) is 0.553. The van der Waals surface area contributed by atoms with Crippen LogP contribution in [0.2, 0.25) is 0 Å². The second kappa shape index (κ2) is 7.37. The Morgan fingerprint density at radius 2 is 2.35 bits per heavy atom. The third-order valence-corrected chi connectivity index (χ3v) is 3.71. The number of hydrogen-bond donors (Lipinski definition) is 2. The largest absolute Gasteiger partial charge is 0.396 e. The Labute approximate surface area is 105 Å². The molecule has 17 heavy (non-hydrogen) atoms. The molecule has 0 saturated heterocycles. The molecule has 0 radical (unpaired) electrons. The van der Waals surface area contributed by atoms with E-state index in [1.807, 2.05) is 0 Å². The normalized spacial score (nSPS) is 12.6. The van der Waals surface area contributed by atoms with Crippen LogP contribution in [0, 0.1) is 16.0 Å². The van der Waals surface area contributed by atoms with Crippen molar-refractivity contribution in [3.05, 3.63) is 27.1 Å².